The first-order valence-electron chi connectivity index (χ1n) is 35.8. The average molecular weight is 1330 g/mol. The summed E-state index contributed by atoms with van der Waals surface area (Å²) < 4.78 is 19.1. The smallest absolute Gasteiger partial charge is 0.324 e. The van der Waals surface area contributed by atoms with Crippen molar-refractivity contribution in [3.05, 3.63) is 63.2 Å². The van der Waals surface area contributed by atoms with Crippen LogP contribution in [0.1, 0.15) is 360 Å². The lowest BCUT2D eigenvalue weighted by Crippen LogP contribution is -2.45. The highest BCUT2D eigenvalue weighted by atomic mass is 31.2. The molecule has 0 aliphatic carbocycles. The molecule has 0 aliphatic rings. The van der Waals surface area contributed by atoms with Gasteiger partial charge in [-0.25, -0.2) is 0 Å². The van der Waals surface area contributed by atoms with Crippen molar-refractivity contribution >= 4 is 29.1 Å². The van der Waals surface area contributed by atoms with E-state index in [1.165, 1.54) is 180 Å². The third kappa shape index (κ3) is 41.4. The SMILES string of the molecule is CCCCCCCCCCCCCCCCCCOC(=O)CCc1cc(C(C)(C)C)c(OC(c2c(C(C)(C)C)cc(CCC(=O)OCCCCCCCCCCCCCCCCCC)cc2C(C)(C)C)C(CO)(CO)CO)c(C(C)(C)C)c1.OP(O)O.OP(O)O. The van der Waals surface area contributed by atoms with Gasteiger partial charge in [0.1, 0.15) is 11.9 Å². The number of esters is 2. The van der Waals surface area contributed by atoms with Gasteiger partial charge in [-0.1, -0.05) is 314 Å². The standard InChI is InChI=1S/C75H132O8.2H3O3P/c1-15-17-19-21-23-25-27-29-31-33-35-37-39-41-43-45-51-81-66(79)49-47-60-53-62(71(3,4)5)68(63(54-60)72(6,7)8)70(75(57-76,58-77)59-78)83-69-64(73(9,10)11)55-61(56-65(69)74(12,13)14)48-50-67(80)82-52-46-44-42-40-38-36-34-32-30-28-26-24-22-20-18-16-2;2*1-4(2)3/h53-56,70,76-78H,15-52,57-59H2,1-14H3;2*1-3H. The van der Waals surface area contributed by atoms with E-state index in [-0.39, 0.29) is 24.8 Å². The van der Waals surface area contributed by atoms with E-state index in [2.05, 4.69) is 121 Å². The second kappa shape index (κ2) is 50.1. The fourth-order valence-electron chi connectivity index (χ4n) is 11.8. The molecule has 1 unspecified atom stereocenters. The maximum absolute atomic E-state index is 13.3. The Bertz CT molecular complexity index is 2060. The summed E-state index contributed by atoms with van der Waals surface area (Å²) in [6, 6.07) is 8.64. The topological polar surface area (TPSA) is 244 Å². The van der Waals surface area contributed by atoms with Gasteiger partial charge in [-0.2, -0.15) is 0 Å². The molecule has 0 saturated carbocycles. The molecular weight excluding hydrogens is 1190 g/mol. The molecule has 0 amide bonds. The normalized spacial score (nSPS) is 12.6. The van der Waals surface area contributed by atoms with Crippen LogP contribution in [0.15, 0.2) is 24.3 Å². The summed E-state index contributed by atoms with van der Waals surface area (Å²) >= 11 is 0. The molecule has 2 rings (SSSR count). The lowest BCUT2D eigenvalue weighted by Gasteiger charge is -2.43. The van der Waals surface area contributed by atoms with E-state index in [1.54, 1.807) is 0 Å². The van der Waals surface area contributed by atoms with Crippen LogP contribution in [0.25, 0.3) is 0 Å². The second-order valence-corrected chi connectivity index (χ2v) is 31.1. The molecule has 1 atom stereocenters. The molecule has 16 heteroatoms. The van der Waals surface area contributed by atoms with Gasteiger partial charge in [0.05, 0.1) is 38.4 Å². The van der Waals surface area contributed by atoms with Crippen LogP contribution in [0.3, 0.4) is 0 Å². The molecule has 14 nitrogen and oxygen atoms in total. The first-order chi connectivity index (χ1) is 42.9. The Kier molecular flexibility index (Phi) is 48.8. The second-order valence-electron chi connectivity index (χ2n) is 30.0. The molecule has 91 heavy (non-hydrogen) atoms. The summed E-state index contributed by atoms with van der Waals surface area (Å²) in [5.74, 6) is 0.274. The van der Waals surface area contributed by atoms with E-state index in [0.29, 0.717) is 31.8 Å². The van der Waals surface area contributed by atoms with E-state index < -0.39 is 70.2 Å². The predicted octanol–water partition coefficient (Wildman–Crippen LogP) is 18.8. The Morgan fingerprint density at radius 2 is 0.593 bits per heavy atom. The van der Waals surface area contributed by atoms with Crippen LogP contribution in [0.5, 0.6) is 5.75 Å². The van der Waals surface area contributed by atoms with Crippen LogP contribution in [-0.2, 0) is 53.6 Å². The van der Waals surface area contributed by atoms with Gasteiger partial charge in [-0.3, -0.25) is 9.59 Å². The zero-order valence-electron chi connectivity index (χ0n) is 60.3. The van der Waals surface area contributed by atoms with Gasteiger partial charge in [0, 0.05) is 29.5 Å². The van der Waals surface area contributed by atoms with Crippen LogP contribution >= 0.6 is 17.2 Å². The van der Waals surface area contributed by atoms with Crippen molar-refractivity contribution in [2.24, 2.45) is 5.41 Å². The quantitative estimate of drug-likeness (QED) is 0.0170. The molecule has 0 bridgehead atoms. The average Bonchev–Trinajstić information content (AvgIpc) is 0.750. The van der Waals surface area contributed by atoms with E-state index in [1.807, 2.05) is 0 Å². The van der Waals surface area contributed by atoms with Crippen molar-refractivity contribution < 1.29 is 68.5 Å². The molecule has 0 aliphatic heterocycles. The first kappa shape index (κ1) is 88.7. The van der Waals surface area contributed by atoms with Crippen molar-refractivity contribution in [1.29, 1.82) is 0 Å². The number of carbonyl (C=O) groups excluding carboxylic acids is 2. The Labute approximate surface area is 558 Å². The number of aliphatic hydroxyl groups is 3. The first-order valence-corrected chi connectivity index (χ1v) is 38.2. The lowest BCUT2D eigenvalue weighted by atomic mass is 9.68. The molecule has 0 fully saturated rings. The Hall–Kier alpha value is -2.32. The summed E-state index contributed by atoms with van der Waals surface area (Å²) in [6.07, 6.45) is 42.2. The van der Waals surface area contributed by atoms with Crippen molar-refractivity contribution in [1.82, 2.24) is 0 Å². The van der Waals surface area contributed by atoms with E-state index in [9.17, 15) is 24.9 Å². The molecule has 9 N–H and O–H groups in total. The van der Waals surface area contributed by atoms with Crippen molar-refractivity contribution in [3.63, 3.8) is 0 Å². The van der Waals surface area contributed by atoms with Gasteiger partial charge in [0.25, 0.3) is 0 Å². The van der Waals surface area contributed by atoms with Gasteiger partial charge < -0.3 is 58.9 Å². The number of benzene rings is 2. The largest absolute Gasteiger partial charge is 0.484 e. The summed E-state index contributed by atoms with van der Waals surface area (Å²) in [5.41, 5.74) is 3.44. The fourth-order valence-corrected chi connectivity index (χ4v) is 11.8. The van der Waals surface area contributed by atoms with Crippen LogP contribution in [0, 0.1) is 5.41 Å². The molecule has 0 heterocycles. The maximum Gasteiger partial charge on any atom is 0.324 e. The Morgan fingerprint density at radius 3 is 0.813 bits per heavy atom. The minimum atomic E-state index is -2.62. The highest BCUT2D eigenvalue weighted by molar-refractivity contribution is 7.38. The van der Waals surface area contributed by atoms with Crippen molar-refractivity contribution in [3.8, 4) is 5.75 Å². The van der Waals surface area contributed by atoms with Gasteiger partial charge in [-0.05, 0) is 69.6 Å². The molecule has 0 radical (unpaired) electrons. The minimum Gasteiger partial charge on any atom is -0.484 e. The Morgan fingerprint density at radius 1 is 0.374 bits per heavy atom. The third-order valence-electron chi connectivity index (χ3n) is 17.4. The number of carbonyl (C=O) groups is 2. The summed E-state index contributed by atoms with van der Waals surface area (Å²) in [5, 5.41) is 34.2. The van der Waals surface area contributed by atoms with E-state index in [4.69, 9.17) is 43.6 Å². The highest BCUT2D eigenvalue weighted by Gasteiger charge is 2.46. The molecule has 2 aromatic rings. The number of unbranched alkanes of at least 4 members (excludes halogenated alkanes) is 30. The molecule has 0 saturated heterocycles. The van der Waals surface area contributed by atoms with Gasteiger partial charge in [0.2, 0.25) is 0 Å². The number of aryl methyl sites for hydroxylation is 2. The van der Waals surface area contributed by atoms with E-state index >= 15 is 0 Å². The van der Waals surface area contributed by atoms with Crippen molar-refractivity contribution in [2.45, 2.75) is 356 Å². The fraction of sp³-hybridized carbons (Fsp3) is 0.813. The zero-order valence-corrected chi connectivity index (χ0v) is 62.1. The number of aliphatic hydroxyl groups excluding tert-OH is 3. The van der Waals surface area contributed by atoms with Crippen LogP contribution < -0.4 is 4.74 Å². The van der Waals surface area contributed by atoms with Crippen LogP contribution in [0.4, 0.5) is 0 Å². The molecule has 2 aromatic carbocycles. The monoisotopic (exact) mass is 1320 g/mol. The van der Waals surface area contributed by atoms with Gasteiger partial charge >= 0.3 is 29.1 Å². The summed E-state index contributed by atoms with van der Waals surface area (Å²) in [7, 11) is -5.24. The summed E-state index contributed by atoms with van der Waals surface area (Å²) in [6.45, 7) is 29.8. The molecule has 0 aromatic heterocycles. The van der Waals surface area contributed by atoms with Gasteiger partial charge in [0.15, 0.2) is 0 Å². The number of hydrogen-bond donors (Lipinski definition) is 9. The number of rotatable bonds is 47. The number of ether oxygens (including phenoxy) is 3. The molecular formula is C75H138O14P2. The van der Waals surface area contributed by atoms with Gasteiger partial charge in [-0.15, -0.1) is 0 Å². The predicted molar refractivity (Wildman–Crippen MR) is 380 cm³/mol. The van der Waals surface area contributed by atoms with Crippen LogP contribution in [-0.4, -0.2) is 89.7 Å². The van der Waals surface area contributed by atoms with E-state index in [0.717, 1.165) is 64.6 Å². The minimum absolute atomic E-state index is 0.185. The van der Waals surface area contributed by atoms with Crippen molar-refractivity contribution in [2.75, 3.05) is 33.0 Å². The summed E-state index contributed by atoms with van der Waals surface area (Å²) in [4.78, 5) is 69.9. The lowest BCUT2D eigenvalue weighted by molar-refractivity contribution is -0.144. The highest BCUT2D eigenvalue weighted by Crippen LogP contribution is 2.50. The Balaban J connectivity index is 0.00000951. The number of hydrogen-bond acceptors (Lipinski definition) is 14. The molecule has 532 valence electrons. The third-order valence-corrected chi connectivity index (χ3v) is 17.4. The maximum atomic E-state index is 13.3. The zero-order chi connectivity index (χ0) is 68.9. The van der Waals surface area contributed by atoms with Crippen LogP contribution in [0.2, 0.25) is 0 Å². The molecule has 0 spiro atoms.